The van der Waals surface area contributed by atoms with E-state index < -0.39 is 0 Å². The lowest BCUT2D eigenvalue weighted by molar-refractivity contribution is 0.00396. The first-order valence-corrected chi connectivity index (χ1v) is 9.21. The molecule has 1 spiro atoms. The quantitative estimate of drug-likeness (QED) is 0.883. The Kier molecular flexibility index (Phi) is 4.32. The molecule has 26 heavy (non-hydrogen) atoms. The Morgan fingerprint density at radius 3 is 2.73 bits per heavy atom. The van der Waals surface area contributed by atoms with Crippen LogP contribution in [0.3, 0.4) is 0 Å². The van der Waals surface area contributed by atoms with Crippen LogP contribution in [0.4, 0.5) is 0 Å². The van der Waals surface area contributed by atoms with Crippen LogP contribution in [-0.2, 0) is 17.2 Å². The van der Waals surface area contributed by atoms with E-state index in [1.807, 2.05) is 20.0 Å². The van der Waals surface area contributed by atoms with Gasteiger partial charge in [-0.1, -0.05) is 24.3 Å². The van der Waals surface area contributed by atoms with Crippen LogP contribution in [0, 0.1) is 6.92 Å². The maximum absolute atomic E-state index is 12.9. The third-order valence-corrected chi connectivity index (χ3v) is 5.97. The number of benzene rings is 1. The highest BCUT2D eigenvalue weighted by atomic mass is 16.5. The number of carbonyl (C=O) groups excluding carboxylic acids is 1. The third kappa shape index (κ3) is 2.56. The fourth-order valence-electron chi connectivity index (χ4n) is 4.84. The number of hydrogen-bond acceptors (Lipinski definition) is 4. The number of hydrogen-bond donors (Lipinski definition) is 2. The minimum absolute atomic E-state index is 0.0431. The van der Waals surface area contributed by atoms with Gasteiger partial charge in [0.2, 0.25) is 0 Å². The van der Waals surface area contributed by atoms with Crippen LogP contribution >= 0.6 is 0 Å². The standard InChI is InChI=1S/C20H26N4O2/c1-13-15(12-24(2)23-13)19(25)22-17-14-6-4-5-7-16(14)20(18(17)26-3)8-10-21-11-9-20/h4-7,12,17-18,21H,8-11H2,1-3H3,(H,22,25). The number of aromatic nitrogens is 2. The fraction of sp³-hybridized carbons (Fsp3) is 0.500. The average molecular weight is 354 g/mol. The fourth-order valence-corrected chi connectivity index (χ4v) is 4.84. The number of fused-ring (bicyclic) bond motifs is 2. The smallest absolute Gasteiger partial charge is 0.255 e. The molecule has 0 radical (unpaired) electrons. The summed E-state index contributed by atoms with van der Waals surface area (Å²) in [4.78, 5) is 12.9. The number of nitrogens with one attached hydrogen (secondary N) is 2. The van der Waals surface area contributed by atoms with Crippen molar-refractivity contribution in [2.75, 3.05) is 20.2 Å². The highest BCUT2D eigenvalue weighted by molar-refractivity contribution is 5.95. The van der Waals surface area contributed by atoms with Gasteiger partial charge < -0.3 is 15.4 Å². The molecular weight excluding hydrogens is 328 g/mol. The number of rotatable bonds is 3. The Morgan fingerprint density at radius 2 is 2.08 bits per heavy atom. The number of methoxy groups -OCH3 is 1. The summed E-state index contributed by atoms with van der Waals surface area (Å²) >= 11 is 0. The van der Waals surface area contributed by atoms with Gasteiger partial charge in [-0.2, -0.15) is 5.10 Å². The van der Waals surface area contributed by atoms with Gasteiger partial charge in [0.05, 0.1) is 23.4 Å². The Balaban J connectivity index is 1.71. The van der Waals surface area contributed by atoms with E-state index in [9.17, 15) is 4.79 Å². The molecule has 1 aliphatic carbocycles. The highest BCUT2D eigenvalue weighted by Gasteiger charge is 2.53. The van der Waals surface area contributed by atoms with Gasteiger partial charge in [0.25, 0.3) is 5.91 Å². The highest BCUT2D eigenvalue weighted by Crippen LogP contribution is 2.51. The molecule has 1 aromatic carbocycles. The van der Waals surface area contributed by atoms with E-state index >= 15 is 0 Å². The van der Waals surface area contributed by atoms with Crippen LogP contribution in [-0.4, -0.2) is 42.0 Å². The Hall–Kier alpha value is -2.18. The minimum atomic E-state index is -0.151. The SMILES string of the molecule is COC1C(NC(=O)c2cn(C)nc2C)c2ccccc2C12CCNCC2. The lowest BCUT2D eigenvalue weighted by Gasteiger charge is -2.40. The van der Waals surface area contributed by atoms with Crippen molar-refractivity contribution in [3.8, 4) is 0 Å². The molecule has 138 valence electrons. The van der Waals surface area contributed by atoms with Gasteiger partial charge in [0.15, 0.2) is 0 Å². The lowest BCUT2D eigenvalue weighted by Crippen LogP contribution is -2.49. The summed E-state index contributed by atoms with van der Waals surface area (Å²) in [6, 6.07) is 8.31. The summed E-state index contributed by atoms with van der Waals surface area (Å²) in [5, 5.41) is 11.0. The summed E-state index contributed by atoms with van der Waals surface area (Å²) in [5.41, 5.74) is 3.81. The molecule has 1 amide bonds. The van der Waals surface area contributed by atoms with E-state index in [-0.39, 0.29) is 23.5 Å². The molecular formula is C20H26N4O2. The monoisotopic (exact) mass is 354 g/mol. The second-order valence-corrected chi connectivity index (χ2v) is 7.40. The molecule has 2 heterocycles. The summed E-state index contributed by atoms with van der Waals surface area (Å²) < 4.78 is 7.68. The van der Waals surface area contributed by atoms with Gasteiger partial charge in [-0.3, -0.25) is 9.48 Å². The predicted molar refractivity (Wildman–Crippen MR) is 99.2 cm³/mol. The van der Waals surface area contributed by atoms with Gasteiger partial charge >= 0.3 is 0 Å². The van der Waals surface area contributed by atoms with E-state index in [1.54, 1.807) is 18.0 Å². The number of carbonyl (C=O) groups is 1. The maximum Gasteiger partial charge on any atom is 0.255 e. The van der Waals surface area contributed by atoms with Crippen LogP contribution in [0.1, 0.15) is 46.1 Å². The van der Waals surface area contributed by atoms with Gasteiger partial charge in [0.1, 0.15) is 0 Å². The zero-order valence-electron chi connectivity index (χ0n) is 15.6. The summed E-state index contributed by atoms with van der Waals surface area (Å²) in [5.74, 6) is -0.0940. The van der Waals surface area contributed by atoms with Crippen LogP contribution in [0.15, 0.2) is 30.5 Å². The van der Waals surface area contributed by atoms with Crippen LogP contribution < -0.4 is 10.6 Å². The number of piperidine rings is 1. The van der Waals surface area contributed by atoms with Crippen molar-refractivity contribution in [3.63, 3.8) is 0 Å². The van der Waals surface area contributed by atoms with Gasteiger partial charge in [-0.25, -0.2) is 0 Å². The van der Waals surface area contributed by atoms with E-state index in [0.717, 1.165) is 31.6 Å². The summed E-state index contributed by atoms with van der Waals surface area (Å²) in [7, 11) is 3.59. The zero-order valence-corrected chi connectivity index (χ0v) is 15.6. The van der Waals surface area contributed by atoms with Crippen molar-refractivity contribution in [2.24, 2.45) is 7.05 Å². The molecule has 2 atom stereocenters. The number of aryl methyl sites for hydroxylation is 2. The molecule has 2 N–H and O–H groups in total. The second kappa shape index (κ2) is 6.52. The molecule has 6 heteroatoms. The van der Waals surface area contributed by atoms with E-state index in [2.05, 4.69) is 33.9 Å². The van der Waals surface area contributed by atoms with Gasteiger partial charge in [-0.15, -0.1) is 0 Å². The number of ether oxygens (including phenoxy) is 1. The maximum atomic E-state index is 12.9. The van der Waals surface area contributed by atoms with Crippen molar-refractivity contribution in [2.45, 2.75) is 37.3 Å². The largest absolute Gasteiger partial charge is 0.378 e. The molecule has 0 bridgehead atoms. The summed E-state index contributed by atoms with van der Waals surface area (Å²) in [6.07, 6.45) is 3.73. The van der Waals surface area contributed by atoms with Crippen molar-refractivity contribution in [1.29, 1.82) is 0 Å². The first-order chi connectivity index (χ1) is 12.6. The molecule has 1 aromatic heterocycles. The first kappa shape index (κ1) is 17.2. The summed E-state index contributed by atoms with van der Waals surface area (Å²) in [6.45, 7) is 3.80. The molecule has 2 aromatic rings. The molecule has 1 fully saturated rings. The first-order valence-electron chi connectivity index (χ1n) is 9.21. The topological polar surface area (TPSA) is 68.2 Å². The van der Waals surface area contributed by atoms with Gasteiger partial charge in [0, 0.05) is 25.8 Å². The molecule has 2 aliphatic rings. The predicted octanol–water partition coefficient (Wildman–Crippen LogP) is 1.85. The molecule has 4 rings (SSSR count). The Labute approximate surface area is 153 Å². The molecule has 1 aliphatic heterocycles. The molecule has 0 saturated carbocycles. The second-order valence-electron chi connectivity index (χ2n) is 7.40. The van der Waals surface area contributed by atoms with Gasteiger partial charge in [-0.05, 0) is 44.0 Å². The normalized spacial score (nSPS) is 23.8. The molecule has 6 nitrogen and oxygen atoms in total. The van der Waals surface area contributed by atoms with Crippen molar-refractivity contribution < 1.29 is 9.53 Å². The van der Waals surface area contributed by atoms with Crippen LogP contribution in [0.2, 0.25) is 0 Å². The van der Waals surface area contributed by atoms with E-state index in [0.29, 0.717) is 5.56 Å². The number of nitrogens with zero attached hydrogens (tertiary/aromatic N) is 2. The third-order valence-electron chi connectivity index (χ3n) is 5.97. The van der Waals surface area contributed by atoms with Crippen molar-refractivity contribution >= 4 is 5.91 Å². The zero-order chi connectivity index (χ0) is 18.3. The van der Waals surface area contributed by atoms with Crippen LogP contribution in [0.25, 0.3) is 0 Å². The van der Waals surface area contributed by atoms with E-state index in [4.69, 9.17) is 4.74 Å². The van der Waals surface area contributed by atoms with Crippen molar-refractivity contribution in [1.82, 2.24) is 20.4 Å². The Morgan fingerprint density at radius 1 is 1.35 bits per heavy atom. The number of amides is 1. The minimum Gasteiger partial charge on any atom is -0.378 e. The van der Waals surface area contributed by atoms with Crippen LogP contribution in [0.5, 0.6) is 0 Å². The molecule has 1 saturated heterocycles. The van der Waals surface area contributed by atoms with Crippen molar-refractivity contribution in [3.05, 3.63) is 52.8 Å². The average Bonchev–Trinajstić information content (AvgIpc) is 3.11. The lowest BCUT2D eigenvalue weighted by atomic mass is 9.72. The van der Waals surface area contributed by atoms with E-state index in [1.165, 1.54) is 11.1 Å². The molecule has 2 unspecified atom stereocenters. The Bertz CT molecular complexity index is 823.